The monoisotopic (exact) mass is 328 g/mol. The van der Waals surface area contributed by atoms with Crippen molar-refractivity contribution in [2.75, 3.05) is 39.5 Å². The molecule has 0 amide bonds. The summed E-state index contributed by atoms with van der Waals surface area (Å²) >= 11 is 5.81. The van der Waals surface area contributed by atoms with E-state index in [9.17, 15) is 5.11 Å². The number of nitrogens with one attached hydrogen (secondary N) is 1. The molecule has 1 aromatic rings. The van der Waals surface area contributed by atoms with Gasteiger partial charge < -0.3 is 19.5 Å². The second kappa shape index (κ2) is 9.36. The van der Waals surface area contributed by atoms with Crippen LogP contribution >= 0.6 is 11.6 Å². The molecule has 1 saturated heterocycles. The quantitative estimate of drug-likeness (QED) is 0.709. The van der Waals surface area contributed by atoms with Crippen molar-refractivity contribution in [2.24, 2.45) is 5.92 Å². The standard InChI is InChI=1S/C17H26ClNO3/c1-14-6-8-19(9-7-14)12-16(20)13-21-10-11-22-17-4-2-15(18)3-5-17/h2-5,14,16,20H,6-13H2,1H3/p+1/t16-/m1/s1. The van der Waals surface area contributed by atoms with Crippen LogP contribution in [-0.4, -0.2) is 50.7 Å². The highest BCUT2D eigenvalue weighted by Crippen LogP contribution is 2.15. The van der Waals surface area contributed by atoms with Crippen LogP contribution in [0.1, 0.15) is 19.8 Å². The number of quaternary nitrogens is 1. The fraction of sp³-hybridized carbons (Fsp3) is 0.647. The number of ether oxygens (including phenoxy) is 2. The van der Waals surface area contributed by atoms with E-state index in [-0.39, 0.29) is 6.10 Å². The van der Waals surface area contributed by atoms with Gasteiger partial charge in [-0.2, -0.15) is 0 Å². The van der Waals surface area contributed by atoms with Crippen molar-refractivity contribution in [3.8, 4) is 5.75 Å². The molecule has 0 spiro atoms. The highest BCUT2D eigenvalue weighted by Gasteiger charge is 2.21. The number of hydrogen-bond donors (Lipinski definition) is 2. The van der Waals surface area contributed by atoms with Crippen LogP contribution in [0, 0.1) is 5.92 Å². The third-order valence-electron chi connectivity index (χ3n) is 4.13. The normalized spacial score (nSPS) is 23.2. The molecule has 0 radical (unpaired) electrons. The Labute approximate surface area is 138 Å². The van der Waals surface area contributed by atoms with Crippen LogP contribution in [0.5, 0.6) is 5.75 Å². The largest absolute Gasteiger partial charge is 0.491 e. The van der Waals surface area contributed by atoms with E-state index in [2.05, 4.69) is 6.92 Å². The van der Waals surface area contributed by atoms with Gasteiger partial charge in [0, 0.05) is 5.02 Å². The second-order valence-electron chi connectivity index (χ2n) is 6.17. The van der Waals surface area contributed by atoms with Crippen molar-refractivity contribution < 1.29 is 19.5 Å². The van der Waals surface area contributed by atoms with E-state index >= 15 is 0 Å². The maximum Gasteiger partial charge on any atom is 0.126 e. The number of likely N-dealkylation sites (tertiary alicyclic amines) is 1. The molecule has 1 aliphatic heterocycles. The van der Waals surface area contributed by atoms with Gasteiger partial charge in [0.2, 0.25) is 0 Å². The lowest BCUT2D eigenvalue weighted by Gasteiger charge is -2.28. The molecule has 124 valence electrons. The van der Waals surface area contributed by atoms with Gasteiger partial charge >= 0.3 is 0 Å². The van der Waals surface area contributed by atoms with Crippen molar-refractivity contribution in [3.05, 3.63) is 29.3 Å². The predicted octanol–water partition coefficient (Wildman–Crippen LogP) is 1.41. The van der Waals surface area contributed by atoms with Crippen LogP contribution in [0.25, 0.3) is 0 Å². The smallest absolute Gasteiger partial charge is 0.126 e. The maximum atomic E-state index is 10.0. The van der Waals surface area contributed by atoms with Crippen molar-refractivity contribution in [3.63, 3.8) is 0 Å². The minimum Gasteiger partial charge on any atom is -0.491 e. The average Bonchev–Trinajstić information content (AvgIpc) is 2.51. The molecule has 0 bridgehead atoms. The Morgan fingerprint density at radius 3 is 2.59 bits per heavy atom. The van der Waals surface area contributed by atoms with E-state index in [1.54, 1.807) is 12.1 Å². The van der Waals surface area contributed by atoms with Crippen molar-refractivity contribution in [1.82, 2.24) is 0 Å². The summed E-state index contributed by atoms with van der Waals surface area (Å²) in [6.07, 6.45) is 2.13. The first-order valence-electron chi connectivity index (χ1n) is 8.11. The molecule has 1 aliphatic rings. The molecule has 0 aromatic heterocycles. The summed E-state index contributed by atoms with van der Waals surface area (Å²) in [6, 6.07) is 7.25. The Hall–Kier alpha value is -0.810. The first-order chi connectivity index (χ1) is 10.6. The summed E-state index contributed by atoms with van der Waals surface area (Å²) < 4.78 is 11.0. The van der Waals surface area contributed by atoms with Gasteiger partial charge in [0.25, 0.3) is 0 Å². The van der Waals surface area contributed by atoms with E-state index in [1.165, 1.54) is 17.7 Å². The van der Waals surface area contributed by atoms with Gasteiger partial charge in [0.1, 0.15) is 25.0 Å². The first kappa shape index (κ1) is 17.5. The summed E-state index contributed by atoms with van der Waals surface area (Å²) in [5, 5.41) is 10.7. The summed E-state index contributed by atoms with van der Waals surface area (Å²) in [5.41, 5.74) is 0. The number of hydrogen-bond acceptors (Lipinski definition) is 3. The highest BCUT2D eigenvalue weighted by atomic mass is 35.5. The minimum atomic E-state index is -0.390. The molecule has 1 fully saturated rings. The average molecular weight is 329 g/mol. The van der Waals surface area contributed by atoms with Crippen molar-refractivity contribution >= 4 is 11.6 Å². The molecule has 1 aromatic carbocycles. The van der Waals surface area contributed by atoms with E-state index in [1.807, 2.05) is 12.1 Å². The Morgan fingerprint density at radius 2 is 1.91 bits per heavy atom. The van der Waals surface area contributed by atoms with E-state index in [0.717, 1.165) is 31.3 Å². The summed E-state index contributed by atoms with van der Waals surface area (Å²) in [7, 11) is 0. The molecular weight excluding hydrogens is 302 g/mol. The molecule has 1 atom stereocenters. The summed E-state index contributed by atoms with van der Waals surface area (Å²) in [5.74, 6) is 1.61. The number of aliphatic hydroxyl groups is 1. The van der Waals surface area contributed by atoms with Gasteiger partial charge in [-0.15, -0.1) is 0 Å². The van der Waals surface area contributed by atoms with Gasteiger partial charge in [0.15, 0.2) is 0 Å². The molecule has 0 aliphatic carbocycles. The Morgan fingerprint density at radius 1 is 1.23 bits per heavy atom. The van der Waals surface area contributed by atoms with Gasteiger partial charge in [0.05, 0.1) is 26.3 Å². The van der Waals surface area contributed by atoms with E-state index in [0.29, 0.717) is 24.8 Å². The zero-order valence-corrected chi connectivity index (χ0v) is 14.0. The molecular formula is C17H27ClNO3+. The van der Waals surface area contributed by atoms with Crippen LogP contribution in [-0.2, 0) is 4.74 Å². The summed E-state index contributed by atoms with van der Waals surface area (Å²) in [4.78, 5) is 1.49. The summed E-state index contributed by atoms with van der Waals surface area (Å²) in [6.45, 7) is 6.75. The molecule has 5 heteroatoms. The molecule has 2 rings (SSSR count). The van der Waals surface area contributed by atoms with Crippen LogP contribution < -0.4 is 9.64 Å². The molecule has 0 saturated carbocycles. The minimum absolute atomic E-state index is 0.378. The maximum absolute atomic E-state index is 10.0. The van der Waals surface area contributed by atoms with E-state index < -0.39 is 0 Å². The van der Waals surface area contributed by atoms with Crippen molar-refractivity contribution in [2.45, 2.75) is 25.9 Å². The van der Waals surface area contributed by atoms with Gasteiger partial charge in [-0.05, 0) is 43.0 Å². The van der Waals surface area contributed by atoms with E-state index in [4.69, 9.17) is 21.1 Å². The Kier molecular flexibility index (Phi) is 7.46. The predicted molar refractivity (Wildman–Crippen MR) is 87.7 cm³/mol. The fourth-order valence-corrected chi connectivity index (χ4v) is 2.86. The van der Waals surface area contributed by atoms with Crippen LogP contribution in [0.4, 0.5) is 0 Å². The van der Waals surface area contributed by atoms with Crippen molar-refractivity contribution in [1.29, 1.82) is 0 Å². The Bertz CT molecular complexity index is 418. The molecule has 0 unspecified atom stereocenters. The lowest BCUT2D eigenvalue weighted by molar-refractivity contribution is -0.909. The second-order valence-corrected chi connectivity index (χ2v) is 6.60. The number of piperidine rings is 1. The fourth-order valence-electron chi connectivity index (χ4n) is 2.74. The highest BCUT2D eigenvalue weighted by molar-refractivity contribution is 6.30. The lowest BCUT2D eigenvalue weighted by Crippen LogP contribution is -3.14. The zero-order valence-electron chi connectivity index (χ0n) is 13.3. The number of rotatable bonds is 8. The zero-order chi connectivity index (χ0) is 15.8. The van der Waals surface area contributed by atoms with Gasteiger partial charge in [-0.1, -0.05) is 18.5 Å². The number of aliphatic hydroxyl groups excluding tert-OH is 1. The van der Waals surface area contributed by atoms with Gasteiger partial charge in [-0.25, -0.2) is 0 Å². The lowest BCUT2D eigenvalue weighted by atomic mass is 9.99. The topological polar surface area (TPSA) is 43.1 Å². The third kappa shape index (κ3) is 6.53. The van der Waals surface area contributed by atoms with Crippen LogP contribution in [0.3, 0.4) is 0 Å². The SMILES string of the molecule is CC1CC[NH+](C[C@@H](O)COCCOc2ccc(Cl)cc2)CC1. The Balaban J connectivity index is 1.51. The number of benzene rings is 1. The third-order valence-corrected chi connectivity index (χ3v) is 4.38. The molecule has 22 heavy (non-hydrogen) atoms. The van der Waals surface area contributed by atoms with Crippen LogP contribution in [0.2, 0.25) is 5.02 Å². The molecule has 1 heterocycles. The van der Waals surface area contributed by atoms with Gasteiger partial charge in [-0.3, -0.25) is 0 Å². The molecule has 4 nitrogen and oxygen atoms in total. The molecule has 2 N–H and O–H groups in total. The first-order valence-corrected chi connectivity index (χ1v) is 8.49. The number of halogens is 1. The van der Waals surface area contributed by atoms with Crippen LogP contribution in [0.15, 0.2) is 24.3 Å².